The summed E-state index contributed by atoms with van der Waals surface area (Å²) in [5.74, 6) is 0.628. The van der Waals surface area contributed by atoms with Gasteiger partial charge in [-0.15, -0.1) is 0 Å². The maximum Gasteiger partial charge on any atom is 0.190 e. The second-order valence-corrected chi connectivity index (χ2v) is 15.5. The van der Waals surface area contributed by atoms with Crippen LogP contribution in [0.25, 0.3) is 21.9 Å². The third-order valence-corrected chi connectivity index (χ3v) is 8.14. The highest BCUT2D eigenvalue weighted by molar-refractivity contribution is 6.76. The van der Waals surface area contributed by atoms with Crippen molar-refractivity contribution >= 4 is 30.0 Å². The van der Waals surface area contributed by atoms with Gasteiger partial charge in [0.1, 0.15) is 12.4 Å². The predicted molar refractivity (Wildman–Crippen MR) is 126 cm³/mol. The van der Waals surface area contributed by atoms with Gasteiger partial charge in [-0.2, -0.15) is 0 Å². The first-order valence-electron chi connectivity index (χ1n) is 11.1. The molecule has 0 radical (unpaired) electrons. The van der Waals surface area contributed by atoms with E-state index in [0.717, 1.165) is 61.4 Å². The van der Waals surface area contributed by atoms with Crippen LogP contribution in [-0.4, -0.2) is 35.3 Å². The molecule has 162 valence electrons. The summed E-state index contributed by atoms with van der Waals surface area (Å²) in [5.41, 5.74) is 7.80. The smallest absolute Gasteiger partial charge is 0.190 e. The molecule has 1 fully saturated rings. The molecule has 0 atom stereocenters. The fourth-order valence-electron chi connectivity index (χ4n) is 4.50. The van der Waals surface area contributed by atoms with Gasteiger partial charge in [-0.1, -0.05) is 19.6 Å². The third-order valence-electron chi connectivity index (χ3n) is 6.44. The summed E-state index contributed by atoms with van der Waals surface area (Å²) in [7, 11) is -1.11. The number of ether oxygens (including phenoxy) is 1. The number of aromatic nitrogens is 3. The van der Waals surface area contributed by atoms with Crippen molar-refractivity contribution in [3.8, 4) is 0 Å². The van der Waals surface area contributed by atoms with Gasteiger partial charge in [0.25, 0.3) is 0 Å². The highest BCUT2D eigenvalue weighted by Gasteiger charge is 2.23. The number of nitrogens with zero attached hydrogens (tertiary/aromatic N) is 3. The molecule has 2 N–H and O–H groups in total. The Labute approximate surface area is 179 Å². The average molecular weight is 427 g/mol. The molecule has 0 saturated heterocycles. The monoisotopic (exact) mass is 426 g/mol. The third kappa shape index (κ3) is 4.38. The Morgan fingerprint density at radius 2 is 1.90 bits per heavy atom. The fourth-order valence-corrected chi connectivity index (χ4v) is 5.26. The SMILES string of the molecule is C[Si](C)(C)CCOCn1ccc2c1ncc1c(=O)ccn(C3CCC(CN)CC3)c12. The van der Waals surface area contributed by atoms with E-state index in [1.54, 1.807) is 12.3 Å². The lowest BCUT2D eigenvalue weighted by Gasteiger charge is -2.30. The molecule has 3 aromatic heterocycles. The summed E-state index contributed by atoms with van der Waals surface area (Å²) in [5, 5.41) is 1.73. The Hall–Kier alpha value is -1.96. The summed E-state index contributed by atoms with van der Waals surface area (Å²) < 4.78 is 10.3. The van der Waals surface area contributed by atoms with Crippen molar-refractivity contribution in [3.05, 3.63) is 40.9 Å². The molecular formula is C23H34N4O2Si. The van der Waals surface area contributed by atoms with E-state index in [-0.39, 0.29) is 5.43 Å². The molecule has 0 spiro atoms. The highest BCUT2D eigenvalue weighted by Crippen LogP contribution is 2.34. The summed E-state index contributed by atoms with van der Waals surface area (Å²) in [6, 6.07) is 5.31. The number of rotatable bonds is 7. The molecule has 0 aliphatic heterocycles. The van der Waals surface area contributed by atoms with E-state index in [0.29, 0.717) is 24.1 Å². The number of nitrogens with two attached hydrogens (primary N) is 1. The zero-order valence-electron chi connectivity index (χ0n) is 18.4. The minimum Gasteiger partial charge on any atom is -0.361 e. The number of fused-ring (bicyclic) bond motifs is 3. The van der Waals surface area contributed by atoms with Crippen LogP contribution >= 0.6 is 0 Å². The Morgan fingerprint density at radius 3 is 2.60 bits per heavy atom. The lowest BCUT2D eigenvalue weighted by molar-refractivity contribution is 0.0899. The highest BCUT2D eigenvalue weighted by atomic mass is 28.3. The Morgan fingerprint density at radius 1 is 1.13 bits per heavy atom. The Kier molecular flexibility index (Phi) is 6.13. The molecule has 3 aromatic rings. The van der Waals surface area contributed by atoms with E-state index in [9.17, 15) is 4.79 Å². The maximum absolute atomic E-state index is 12.6. The number of hydrogen-bond donors (Lipinski definition) is 1. The second kappa shape index (κ2) is 8.65. The van der Waals surface area contributed by atoms with Crippen molar-refractivity contribution < 1.29 is 4.74 Å². The van der Waals surface area contributed by atoms with E-state index in [2.05, 4.69) is 35.3 Å². The van der Waals surface area contributed by atoms with Crippen LogP contribution in [0, 0.1) is 5.92 Å². The minimum absolute atomic E-state index is 0.0328. The minimum atomic E-state index is -1.11. The molecule has 0 aromatic carbocycles. The van der Waals surface area contributed by atoms with Gasteiger partial charge in [0.2, 0.25) is 0 Å². The summed E-state index contributed by atoms with van der Waals surface area (Å²) in [4.78, 5) is 17.2. The van der Waals surface area contributed by atoms with Crippen LogP contribution in [0.1, 0.15) is 31.7 Å². The van der Waals surface area contributed by atoms with Gasteiger partial charge in [-0.3, -0.25) is 4.79 Å². The van der Waals surface area contributed by atoms with Crippen LogP contribution in [0.4, 0.5) is 0 Å². The molecule has 6 nitrogen and oxygen atoms in total. The summed E-state index contributed by atoms with van der Waals surface area (Å²) >= 11 is 0. The summed E-state index contributed by atoms with van der Waals surface area (Å²) in [6.45, 7) is 9.11. The van der Waals surface area contributed by atoms with Crippen molar-refractivity contribution in [2.75, 3.05) is 13.2 Å². The van der Waals surface area contributed by atoms with Gasteiger partial charge in [-0.05, 0) is 50.3 Å². The van der Waals surface area contributed by atoms with Crippen molar-refractivity contribution in [1.29, 1.82) is 0 Å². The number of pyridine rings is 2. The van der Waals surface area contributed by atoms with E-state index < -0.39 is 8.07 Å². The van der Waals surface area contributed by atoms with Crippen LogP contribution in [0.3, 0.4) is 0 Å². The van der Waals surface area contributed by atoms with Crippen LogP contribution in [0.5, 0.6) is 0 Å². The quantitative estimate of drug-likeness (QED) is 0.450. The zero-order valence-corrected chi connectivity index (χ0v) is 19.4. The van der Waals surface area contributed by atoms with Crippen molar-refractivity contribution in [2.24, 2.45) is 11.7 Å². The number of hydrogen-bond acceptors (Lipinski definition) is 4. The standard InChI is InChI=1S/C23H34N4O2Si/c1-30(2,3)13-12-29-16-26-10-8-19-22-20(15-25-23(19)26)21(28)9-11-27(22)18-6-4-17(14-24)5-7-18/h8-11,15,17-18H,4-7,12-14,16,24H2,1-3H3. The van der Waals surface area contributed by atoms with Gasteiger partial charge < -0.3 is 19.6 Å². The molecule has 0 amide bonds. The molecule has 7 heteroatoms. The van der Waals surface area contributed by atoms with Crippen molar-refractivity contribution in [3.63, 3.8) is 0 Å². The van der Waals surface area contributed by atoms with Gasteiger partial charge in [-0.25, -0.2) is 4.98 Å². The summed E-state index contributed by atoms with van der Waals surface area (Å²) in [6.07, 6.45) is 10.2. The first-order valence-corrected chi connectivity index (χ1v) is 14.8. The fraction of sp³-hybridized carbons (Fsp3) is 0.565. The molecule has 30 heavy (non-hydrogen) atoms. The molecule has 3 heterocycles. The first kappa shape index (κ1) is 21.3. The van der Waals surface area contributed by atoms with Crippen molar-refractivity contribution in [2.45, 2.75) is 64.1 Å². The normalized spacial score (nSPS) is 20.3. The zero-order chi connectivity index (χ0) is 21.3. The topological polar surface area (TPSA) is 75.1 Å². The average Bonchev–Trinajstić information content (AvgIpc) is 3.14. The van der Waals surface area contributed by atoms with Gasteiger partial charge in [0.15, 0.2) is 5.43 Å². The van der Waals surface area contributed by atoms with E-state index in [4.69, 9.17) is 10.5 Å². The largest absolute Gasteiger partial charge is 0.361 e. The molecule has 4 rings (SSSR count). The van der Waals surface area contributed by atoms with Crippen molar-refractivity contribution in [1.82, 2.24) is 14.1 Å². The molecular weight excluding hydrogens is 392 g/mol. The predicted octanol–water partition coefficient (Wildman–Crippen LogP) is 4.35. The molecule has 1 aliphatic carbocycles. The van der Waals surface area contributed by atoms with Gasteiger partial charge in [0, 0.05) is 50.8 Å². The van der Waals surface area contributed by atoms with Crippen LogP contribution in [0.15, 0.2) is 35.5 Å². The van der Waals surface area contributed by atoms with Gasteiger partial charge in [0.05, 0.1) is 10.9 Å². The lowest BCUT2D eigenvalue weighted by atomic mass is 9.86. The molecule has 1 saturated carbocycles. The van der Waals surface area contributed by atoms with E-state index >= 15 is 0 Å². The molecule has 0 bridgehead atoms. The maximum atomic E-state index is 12.6. The lowest BCUT2D eigenvalue weighted by Crippen LogP contribution is -2.24. The Balaban J connectivity index is 1.66. The van der Waals surface area contributed by atoms with E-state index in [1.807, 2.05) is 17.0 Å². The van der Waals surface area contributed by atoms with E-state index in [1.165, 1.54) is 0 Å². The van der Waals surface area contributed by atoms with Gasteiger partial charge >= 0.3 is 0 Å². The molecule has 1 aliphatic rings. The first-order chi connectivity index (χ1) is 14.4. The second-order valence-electron chi connectivity index (χ2n) is 9.89. The van der Waals surface area contributed by atoms with Crippen LogP contribution < -0.4 is 11.2 Å². The molecule has 0 unspecified atom stereocenters. The van der Waals surface area contributed by atoms with Crippen LogP contribution in [0.2, 0.25) is 25.7 Å². The van der Waals surface area contributed by atoms with Crippen LogP contribution in [-0.2, 0) is 11.5 Å². The Bertz CT molecular complexity index is 1070.